The van der Waals surface area contributed by atoms with Crippen molar-refractivity contribution in [2.75, 3.05) is 10.9 Å². The quantitative estimate of drug-likeness (QED) is 0.316. The molecule has 0 heterocycles. The van der Waals surface area contributed by atoms with E-state index in [2.05, 4.69) is 16.4 Å². The molecule has 0 aliphatic rings. The number of para-hydroxylation sites is 2. The van der Waals surface area contributed by atoms with Gasteiger partial charge >= 0.3 is 0 Å². The van der Waals surface area contributed by atoms with Crippen LogP contribution in [0.15, 0.2) is 109 Å². The van der Waals surface area contributed by atoms with Crippen LogP contribution in [0.25, 0.3) is 0 Å². The molecule has 0 saturated heterocycles. The van der Waals surface area contributed by atoms with Crippen molar-refractivity contribution in [3.63, 3.8) is 0 Å². The molecule has 5 nitrogen and oxygen atoms in total. The molecular formula is C24H21N3O2. The third-order valence-corrected chi connectivity index (χ3v) is 4.04. The molecular weight excluding hydrogens is 362 g/mol. The smallest absolute Gasteiger partial charge is 0.129 e. The Kier molecular flexibility index (Phi) is 5.90. The summed E-state index contributed by atoms with van der Waals surface area (Å²) in [6.07, 6.45) is 0. The maximum Gasteiger partial charge on any atom is 0.129 e. The van der Waals surface area contributed by atoms with Crippen LogP contribution in [-0.2, 0) is 0 Å². The molecule has 0 aromatic heterocycles. The molecule has 0 fully saturated rings. The standard InChI is InChI=1S/C24H21N3O2/c1-3-11-21(12-4-1)28-23-15-7-9-19(17-23)25-27-26-20-10-8-16-24(18-20)29-22-13-5-2-6-14-22/h1-18,25-27H. The van der Waals surface area contributed by atoms with Crippen molar-refractivity contribution in [2.45, 2.75) is 0 Å². The normalized spacial score (nSPS) is 10.2. The van der Waals surface area contributed by atoms with E-state index in [1.807, 2.05) is 109 Å². The van der Waals surface area contributed by atoms with Crippen molar-refractivity contribution in [2.24, 2.45) is 0 Å². The van der Waals surface area contributed by atoms with Gasteiger partial charge in [-0.3, -0.25) is 0 Å². The molecule has 0 bridgehead atoms. The minimum atomic E-state index is 0.751. The third-order valence-electron chi connectivity index (χ3n) is 4.04. The molecule has 4 rings (SSSR count). The highest BCUT2D eigenvalue weighted by Gasteiger charge is 2.00. The molecule has 0 saturated carbocycles. The minimum absolute atomic E-state index is 0.751. The summed E-state index contributed by atoms with van der Waals surface area (Å²) in [6, 6.07) is 34.8. The fourth-order valence-electron chi connectivity index (χ4n) is 2.70. The topological polar surface area (TPSA) is 54.5 Å². The highest BCUT2D eigenvalue weighted by molar-refractivity contribution is 5.51. The lowest BCUT2D eigenvalue weighted by Crippen LogP contribution is -2.27. The molecule has 0 amide bonds. The van der Waals surface area contributed by atoms with Gasteiger partial charge in [0.15, 0.2) is 0 Å². The first kappa shape index (κ1) is 18.4. The predicted molar refractivity (Wildman–Crippen MR) is 116 cm³/mol. The van der Waals surface area contributed by atoms with Crippen molar-refractivity contribution in [1.82, 2.24) is 5.53 Å². The summed E-state index contributed by atoms with van der Waals surface area (Å²) in [5, 5.41) is 0. The Morgan fingerprint density at radius 3 is 1.28 bits per heavy atom. The summed E-state index contributed by atoms with van der Waals surface area (Å²) in [4.78, 5) is 0. The van der Waals surface area contributed by atoms with Gasteiger partial charge in [0.25, 0.3) is 0 Å². The molecule has 0 aliphatic heterocycles. The molecule has 4 aromatic carbocycles. The SMILES string of the molecule is c1ccc(Oc2cccc(NNNc3cccc(Oc4ccccc4)c3)c2)cc1. The van der Waals surface area contributed by atoms with Crippen molar-refractivity contribution in [3.8, 4) is 23.0 Å². The third kappa shape index (κ3) is 5.51. The molecule has 0 spiro atoms. The van der Waals surface area contributed by atoms with Gasteiger partial charge in [-0.05, 0) is 48.5 Å². The number of benzene rings is 4. The fraction of sp³-hybridized carbons (Fsp3) is 0. The van der Waals surface area contributed by atoms with E-state index in [0.29, 0.717) is 0 Å². The second-order valence-electron chi connectivity index (χ2n) is 6.26. The van der Waals surface area contributed by atoms with Crippen LogP contribution in [0.5, 0.6) is 23.0 Å². The number of hydrogen-bond donors (Lipinski definition) is 3. The number of rotatable bonds is 8. The van der Waals surface area contributed by atoms with E-state index in [0.717, 1.165) is 34.4 Å². The number of nitrogens with one attached hydrogen (secondary N) is 3. The maximum atomic E-state index is 5.85. The Labute approximate surface area is 169 Å². The Hall–Kier alpha value is -3.96. The van der Waals surface area contributed by atoms with Crippen LogP contribution in [0.3, 0.4) is 0 Å². The second kappa shape index (κ2) is 9.30. The highest BCUT2D eigenvalue weighted by Crippen LogP contribution is 2.25. The van der Waals surface area contributed by atoms with Crippen molar-refractivity contribution >= 4 is 11.4 Å². The van der Waals surface area contributed by atoms with Crippen LogP contribution in [0, 0.1) is 0 Å². The van der Waals surface area contributed by atoms with Crippen LogP contribution in [0.4, 0.5) is 11.4 Å². The first-order chi connectivity index (χ1) is 14.3. The first-order valence-electron chi connectivity index (χ1n) is 9.28. The van der Waals surface area contributed by atoms with Gasteiger partial charge < -0.3 is 20.3 Å². The number of ether oxygens (including phenoxy) is 2. The van der Waals surface area contributed by atoms with Crippen molar-refractivity contribution < 1.29 is 9.47 Å². The lowest BCUT2D eigenvalue weighted by atomic mass is 10.3. The zero-order valence-electron chi connectivity index (χ0n) is 15.7. The van der Waals surface area contributed by atoms with Gasteiger partial charge in [0.1, 0.15) is 23.0 Å². The van der Waals surface area contributed by atoms with Gasteiger partial charge in [-0.25, -0.2) is 0 Å². The number of hydrogen-bond acceptors (Lipinski definition) is 5. The molecule has 5 heteroatoms. The van der Waals surface area contributed by atoms with Crippen molar-refractivity contribution in [1.29, 1.82) is 0 Å². The van der Waals surface area contributed by atoms with Crippen LogP contribution in [0.2, 0.25) is 0 Å². The zero-order valence-corrected chi connectivity index (χ0v) is 15.7. The molecule has 3 N–H and O–H groups in total. The minimum Gasteiger partial charge on any atom is -0.457 e. The lowest BCUT2D eigenvalue weighted by molar-refractivity contribution is 0.482. The van der Waals surface area contributed by atoms with Crippen LogP contribution in [0.1, 0.15) is 0 Å². The van der Waals surface area contributed by atoms with E-state index in [9.17, 15) is 0 Å². The monoisotopic (exact) mass is 383 g/mol. The van der Waals surface area contributed by atoms with Crippen LogP contribution < -0.4 is 25.9 Å². The molecule has 0 aliphatic carbocycles. The molecule has 4 aromatic rings. The maximum absolute atomic E-state index is 5.85. The van der Waals surface area contributed by atoms with E-state index >= 15 is 0 Å². The van der Waals surface area contributed by atoms with E-state index < -0.39 is 0 Å². The number of hydrazine groups is 2. The van der Waals surface area contributed by atoms with Gasteiger partial charge in [0, 0.05) is 12.1 Å². The van der Waals surface area contributed by atoms with Crippen LogP contribution >= 0.6 is 0 Å². The predicted octanol–water partition coefficient (Wildman–Crippen LogP) is 6.21. The summed E-state index contributed by atoms with van der Waals surface area (Å²) in [6.45, 7) is 0. The fourth-order valence-corrected chi connectivity index (χ4v) is 2.70. The highest BCUT2D eigenvalue weighted by atomic mass is 16.5. The Morgan fingerprint density at radius 1 is 0.414 bits per heavy atom. The summed E-state index contributed by atoms with van der Waals surface area (Å²) < 4.78 is 11.7. The van der Waals surface area contributed by atoms with E-state index in [1.165, 1.54) is 0 Å². The van der Waals surface area contributed by atoms with Gasteiger partial charge in [-0.1, -0.05) is 48.5 Å². The molecule has 29 heavy (non-hydrogen) atoms. The van der Waals surface area contributed by atoms with E-state index in [1.54, 1.807) is 0 Å². The Bertz CT molecular complexity index is 955. The van der Waals surface area contributed by atoms with Crippen molar-refractivity contribution in [3.05, 3.63) is 109 Å². The average molecular weight is 383 g/mol. The van der Waals surface area contributed by atoms with Gasteiger partial charge in [-0.2, -0.15) is 5.53 Å². The largest absolute Gasteiger partial charge is 0.457 e. The zero-order chi connectivity index (χ0) is 19.7. The molecule has 0 radical (unpaired) electrons. The first-order valence-corrected chi connectivity index (χ1v) is 9.28. The summed E-state index contributed by atoms with van der Waals surface area (Å²) in [7, 11) is 0. The van der Waals surface area contributed by atoms with E-state index in [-0.39, 0.29) is 0 Å². The molecule has 144 valence electrons. The Morgan fingerprint density at radius 2 is 0.828 bits per heavy atom. The number of anilines is 2. The molecule has 0 atom stereocenters. The van der Waals surface area contributed by atoms with Gasteiger partial charge in [0.05, 0.1) is 11.4 Å². The second-order valence-corrected chi connectivity index (χ2v) is 6.26. The summed E-state index contributed by atoms with van der Waals surface area (Å²) in [5.41, 5.74) is 10.9. The summed E-state index contributed by atoms with van der Waals surface area (Å²) in [5.74, 6) is 3.10. The summed E-state index contributed by atoms with van der Waals surface area (Å²) >= 11 is 0. The van der Waals surface area contributed by atoms with E-state index in [4.69, 9.17) is 9.47 Å². The van der Waals surface area contributed by atoms with Gasteiger partial charge in [0.2, 0.25) is 0 Å². The average Bonchev–Trinajstić information content (AvgIpc) is 2.76. The Balaban J connectivity index is 1.32. The molecule has 0 unspecified atom stereocenters. The van der Waals surface area contributed by atoms with Gasteiger partial charge in [-0.15, -0.1) is 0 Å². The van der Waals surface area contributed by atoms with Crippen LogP contribution in [-0.4, -0.2) is 0 Å². The lowest BCUT2D eigenvalue weighted by Gasteiger charge is -2.13.